The molecular weight excluding hydrogens is 195 g/mol. The molecule has 0 spiro atoms. The summed E-state index contributed by atoms with van der Waals surface area (Å²) in [5.74, 6) is 1.25. The van der Waals surface area contributed by atoms with E-state index >= 15 is 0 Å². The van der Waals surface area contributed by atoms with Gasteiger partial charge in [-0.05, 0) is 31.2 Å². The second kappa shape index (κ2) is 4.13. The van der Waals surface area contributed by atoms with Crippen molar-refractivity contribution in [3.05, 3.63) is 47.9 Å². The summed E-state index contributed by atoms with van der Waals surface area (Å²) in [6.45, 7) is 2.46. The van der Waals surface area contributed by atoms with E-state index in [9.17, 15) is 4.39 Å². The first kappa shape index (κ1) is 9.71. The molecule has 15 heavy (non-hydrogen) atoms. The van der Waals surface area contributed by atoms with Gasteiger partial charge in [-0.15, -0.1) is 0 Å². The Balaban J connectivity index is 1.96. The zero-order valence-electron chi connectivity index (χ0n) is 8.33. The summed E-state index contributed by atoms with van der Waals surface area (Å²) < 4.78 is 17.9. The lowest BCUT2D eigenvalue weighted by molar-refractivity contribution is 0.490. The fourth-order valence-electron chi connectivity index (χ4n) is 1.25. The fraction of sp³-hybridized carbons (Fsp3) is 0.182. The van der Waals surface area contributed by atoms with Crippen molar-refractivity contribution in [2.45, 2.75) is 13.5 Å². The van der Waals surface area contributed by atoms with Crippen LogP contribution >= 0.6 is 0 Å². The smallest absolute Gasteiger partial charge is 0.212 e. The molecule has 0 aliphatic carbocycles. The zero-order chi connectivity index (χ0) is 10.7. The van der Waals surface area contributed by atoms with Crippen molar-refractivity contribution < 1.29 is 8.81 Å². The summed E-state index contributed by atoms with van der Waals surface area (Å²) in [6, 6.07) is 6.76. The SMILES string of the molecule is Cc1ccc(CNc2ccc(F)nc2)o1. The van der Waals surface area contributed by atoms with E-state index in [1.54, 1.807) is 6.07 Å². The Labute approximate surface area is 86.9 Å². The van der Waals surface area contributed by atoms with Gasteiger partial charge in [-0.1, -0.05) is 0 Å². The van der Waals surface area contributed by atoms with Crippen molar-refractivity contribution in [1.82, 2.24) is 4.98 Å². The van der Waals surface area contributed by atoms with Crippen molar-refractivity contribution in [2.75, 3.05) is 5.32 Å². The molecule has 0 unspecified atom stereocenters. The van der Waals surface area contributed by atoms with Gasteiger partial charge in [-0.3, -0.25) is 0 Å². The van der Waals surface area contributed by atoms with Gasteiger partial charge in [-0.25, -0.2) is 4.98 Å². The molecule has 0 aromatic carbocycles. The summed E-state index contributed by atoms with van der Waals surface area (Å²) in [4.78, 5) is 3.54. The first-order chi connectivity index (χ1) is 7.24. The van der Waals surface area contributed by atoms with Gasteiger partial charge in [-0.2, -0.15) is 4.39 Å². The molecule has 3 nitrogen and oxygen atoms in total. The molecule has 0 saturated heterocycles. The Kier molecular flexibility index (Phi) is 2.67. The van der Waals surface area contributed by atoms with Gasteiger partial charge >= 0.3 is 0 Å². The summed E-state index contributed by atoms with van der Waals surface area (Å²) >= 11 is 0. The Bertz CT molecular complexity index is 436. The predicted octanol–water partition coefficient (Wildman–Crippen LogP) is 2.73. The molecule has 2 aromatic heterocycles. The summed E-state index contributed by atoms with van der Waals surface area (Å²) in [5.41, 5.74) is 0.769. The predicted molar refractivity (Wildman–Crippen MR) is 55.0 cm³/mol. The molecule has 0 bridgehead atoms. The Morgan fingerprint density at radius 1 is 1.33 bits per heavy atom. The average molecular weight is 206 g/mol. The molecule has 2 heterocycles. The monoisotopic (exact) mass is 206 g/mol. The molecule has 0 amide bonds. The Morgan fingerprint density at radius 2 is 2.20 bits per heavy atom. The van der Waals surface area contributed by atoms with E-state index in [2.05, 4.69) is 10.3 Å². The first-order valence-corrected chi connectivity index (χ1v) is 4.65. The average Bonchev–Trinajstić information content (AvgIpc) is 2.64. The van der Waals surface area contributed by atoms with E-state index in [0.29, 0.717) is 6.54 Å². The Morgan fingerprint density at radius 3 is 2.80 bits per heavy atom. The van der Waals surface area contributed by atoms with Crippen molar-refractivity contribution >= 4 is 5.69 Å². The summed E-state index contributed by atoms with van der Waals surface area (Å²) in [6.07, 6.45) is 1.45. The van der Waals surface area contributed by atoms with Gasteiger partial charge in [0, 0.05) is 0 Å². The van der Waals surface area contributed by atoms with E-state index in [0.717, 1.165) is 17.2 Å². The number of hydrogen-bond donors (Lipinski definition) is 1. The number of aromatic nitrogens is 1. The van der Waals surface area contributed by atoms with Crippen LogP contribution in [0.25, 0.3) is 0 Å². The molecule has 2 rings (SSSR count). The number of anilines is 1. The maximum atomic E-state index is 12.5. The van der Waals surface area contributed by atoms with Crippen LogP contribution in [-0.2, 0) is 6.54 Å². The molecule has 1 N–H and O–H groups in total. The third-order valence-electron chi connectivity index (χ3n) is 1.99. The lowest BCUT2D eigenvalue weighted by Gasteiger charge is -2.02. The topological polar surface area (TPSA) is 38.1 Å². The fourth-order valence-corrected chi connectivity index (χ4v) is 1.25. The maximum absolute atomic E-state index is 12.5. The molecule has 2 aromatic rings. The van der Waals surface area contributed by atoms with Gasteiger partial charge in [0.15, 0.2) is 0 Å². The normalized spacial score (nSPS) is 10.3. The minimum absolute atomic E-state index is 0.477. The van der Waals surface area contributed by atoms with Crippen LogP contribution in [-0.4, -0.2) is 4.98 Å². The van der Waals surface area contributed by atoms with E-state index < -0.39 is 5.95 Å². The quantitative estimate of drug-likeness (QED) is 0.784. The van der Waals surface area contributed by atoms with Gasteiger partial charge in [0.05, 0.1) is 18.4 Å². The van der Waals surface area contributed by atoms with Crippen LogP contribution in [0.4, 0.5) is 10.1 Å². The van der Waals surface area contributed by atoms with Crippen LogP contribution < -0.4 is 5.32 Å². The van der Waals surface area contributed by atoms with Crippen LogP contribution in [0.3, 0.4) is 0 Å². The van der Waals surface area contributed by atoms with Crippen LogP contribution in [0.5, 0.6) is 0 Å². The molecule has 0 saturated carbocycles. The molecule has 0 fully saturated rings. The third-order valence-corrected chi connectivity index (χ3v) is 1.99. The molecular formula is C11H11FN2O. The molecule has 0 aliphatic heterocycles. The van der Waals surface area contributed by atoms with E-state index in [1.165, 1.54) is 12.3 Å². The van der Waals surface area contributed by atoms with Crippen LogP contribution in [0.15, 0.2) is 34.9 Å². The van der Waals surface area contributed by atoms with E-state index in [4.69, 9.17) is 4.42 Å². The number of nitrogens with one attached hydrogen (secondary N) is 1. The van der Waals surface area contributed by atoms with Crippen molar-refractivity contribution in [3.63, 3.8) is 0 Å². The maximum Gasteiger partial charge on any atom is 0.212 e. The number of halogens is 1. The third kappa shape index (κ3) is 2.56. The second-order valence-corrected chi connectivity index (χ2v) is 3.24. The van der Waals surface area contributed by atoms with Crippen molar-refractivity contribution in [2.24, 2.45) is 0 Å². The van der Waals surface area contributed by atoms with Gasteiger partial charge in [0.1, 0.15) is 11.5 Å². The largest absolute Gasteiger partial charge is 0.465 e. The van der Waals surface area contributed by atoms with Crippen LogP contribution in [0, 0.1) is 12.9 Å². The summed E-state index contributed by atoms with van der Waals surface area (Å²) in [5, 5.41) is 3.08. The zero-order valence-corrected chi connectivity index (χ0v) is 8.33. The van der Waals surface area contributed by atoms with E-state index in [-0.39, 0.29) is 0 Å². The number of hydrogen-bond acceptors (Lipinski definition) is 3. The second-order valence-electron chi connectivity index (χ2n) is 3.24. The molecule has 4 heteroatoms. The number of rotatable bonds is 3. The van der Waals surface area contributed by atoms with Crippen molar-refractivity contribution in [1.29, 1.82) is 0 Å². The van der Waals surface area contributed by atoms with Gasteiger partial charge in [0.2, 0.25) is 5.95 Å². The highest BCUT2D eigenvalue weighted by Crippen LogP contribution is 2.10. The van der Waals surface area contributed by atoms with E-state index in [1.807, 2.05) is 19.1 Å². The number of pyridine rings is 1. The summed E-state index contributed by atoms with van der Waals surface area (Å²) in [7, 11) is 0. The van der Waals surface area contributed by atoms with Gasteiger partial charge in [0.25, 0.3) is 0 Å². The standard InChI is InChI=1S/C11H11FN2O/c1-8-2-4-10(15-8)7-13-9-3-5-11(12)14-6-9/h2-6,13H,7H2,1H3. The Hall–Kier alpha value is -1.84. The first-order valence-electron chi connectivity index (χ1n) is 4.65. The minimum Gasteiger partial charge on any atom is -0.465 e. The number of aryl methyl sites for hydroxylation is 1. The molecule has 0 atom stereocenters. The highest BCUT2D eigenvalue weighted by molar-refractivity contribution is 5.40. The minimum atomic E-state index is -0.477. The number of furan rings is 1. The lowest BCUT2D eigenvalue weighted by atomic mass is 10.4. The highest BCUT2D eigenvalue weighted by Gasteiger charge is 1.98. The highest BCUT2D eigenvalue weighted by atomic mass is 19.1. The lowest BCUT2D eigenvalue weighted by Crippen LogP contribution is -1.98. The van der Waals surface area contributed by atoms with Gasteiger partial charge < -0.3 is 9.73 Å². The van der Waals surface area contributed by atoms with Crippen LogP contribution in [0.1, 0.15) is 11.5 Å². The molecule has 0 radical (unpaired) electrons. The van der Waals surface area contributed by atoms with Crippen LogP contribution in [0.2, 0.25) is 0 Å². The molecule has 0 aliphatic rings. The van der Waals surface area contributed by atoms with Crippen molar-refractivity contribution in [3.8, 4) is 0 Å². The number of nitrogens with zero attached hydrogens (tertiary/aromatic N) is 1. The molecule has 78 valence electrons.